The first kappa shape index (κ1) is 14.7. The van der Waals surface area contributed by atoms with Crippen molar-refractivity contribution >= 4 is 34.8 Å². The molecule has 0 saturated carbocycles. The molecule has 0 saturated heterocycles. The van der Waals surface area contributed by atoms with Crippen molar-refractivity contribution in [2.75, 3.05) is 0 Å². The molecule has 0 aliphatic heterocycles. The zero-order chi connectivity index (χ0) is 14.9. The van der Waals surface area contributed by atoms with Crippen molar-refractivity contribution in [1.29, 1.82) is 0 Å². The number of carbonyl (C=O) groups excluding carboxylic acids is 2. The summed E-state index contributed by atoms with van der Waals surface area (Å²) in [6, 6.07) is 2.28. The van der Waals surface area contributed by atoms with Crippen LogP contribution in [0, 0.1) is 5.82 Å². The van der Waals surface area contributed by atoms with Gasteiger partial charge in [0.2, 0.25) is 5.78 Å². The number of aryl methyl sites for hydroxylation is 1. The second-order valence-electron chi connectivity index (χ2n) is 4.10. The molecule has 104 valence electrons. The Labute approximate surface area is 124 Å². The SMILES string of the molecule is Cn1ccnc1C(=O)CC(=O)c1c(Cl)ccc(F)c1Cl. The minimum Gasteiger partial charge on any atom is -0.332 e. The number of aromatic nitrogens is 2. The molecule has 0 amide bonds. The van der Waals surface area contributed by atoms with Crippen molar-refractivity contribution in [2.24, 2.45) is 7.05 Å². The van der Waals surface area contributed by atoms with Crippen LogP contribution in [-0.4, -0.2) is 21.1 Å². The largest absolute Gasteiger partial charge is 0.332 e. The van der Waals surface area contributed by atoms with Crippen LogP contribution in [0.4, 0.5) is 4.39 Å². The molecule has 1 aromatic heterocycles. The molecule has 20 heavy (non-hydrogen) atoms. The lowest BCUT2D eigenvalue weighted by Crippen LogP contribution is -2.14. The third-order valence-electron chi connectivity index (χ3n) is 2.71. The predicted octanol–water partition coefficient (Wildman–Crippen LogP) is 3.32. The molecule has 7 heteroatoms. The Kier molecular flexibility index (Phi) is 4.20. The van der Waals surface area contributed by atoms with E-state index in [2.05, 4.69) is 4.98 Å². The number of rotatable bonds is 4. The van der Waals surface area contributed by atoms with Crippen LogP contribution in [0.15, 0.2) is 24.5 Å². The van der Waals surface area contributed by atoms with Gasteiger partial charge in [-0.25, -0.2) is 9.37 Å². The zero-order valence-electron chi connectivity index (χ0n) is 10.4. The Morgan fingerprint density at radius 2 is 2.00 bits per heavy atom. The molecule has 1 aromatic carbocycles. The van der Waals surface area contributed by atoms with Crippen LogP contribution < -0.4 is 0 Å². The van der Waals surface area contributed by atoms with Crippen LogP contribution in [0.1, 0.15) is 27.4 Å². The lowest BCUT2D eigenvalue weighted by atomic mass is 10.1. The fourth-order valence-electron chi connectivity index (χ4n) is 1.73. The number of ketones is 2. The minimum atomic E-state index is -0.760. The Hall–Kier alpha value is -1.72. The molecule has 0 aliphatic rings. The molecule has 0 fully saturated rings. The van der Waals surface area contributed by atoms with Crippen LogP contribution in [0.2, 0.25) is 10.0 Å². The standard InChI is InChI=1S/C13H9Cl2FN2O2/c1-18-5-4-17-13(18)10(20)6-9(19)11-7(14)2-3-8(16)12(11)15/h2-5H,6H2,1H3. The van der Waals surface area contributed by atoms with E-state index < -0.39 is 23.8 Å². The molecule has 0 bridgehead atoms. The molecule has 0 unspecified atom stereocenters. The molecule has 2 rings (SSSR count). The summed E-state index contributed by atoms with van der Waals surface area (Å²) in [5, 5.41) is -0.371. The lowest BCUT2D eigenvalue weighted by molar-refractivity contribution is 0.0886. The second-order valence-corrected chi connectivity index (χ2v) is 4.89. The first-order valence-corrected chi connectivity index (χ1v) is 6.34. The monoisotopic (exact) mass is 314 g/mol. The maximum atomic E-state index is 13.4. The number of hydrogen-bond acceptors (Lipinski definition) is 3. The Balaban J connectivity index is 2.28. The molecule has 4 nitrogen and oxygen atoms in total. The maximum absolute atomic E-state index is 13.4. The highest BCUT2D eigenvalue weighted by atomic mass is 35.5. The van der Waals surface area contributed by atoms with E-state index in [1.165, 1.54) is 16.8 Å². The number of Topliss-reactive ketones (excluding diaryl/α,β-unsaturated/α-hetero) is 2. The van der Waals surface area contributed by atoms with E-state index in [-0.39, 0.29) is 21.4 Å². The summed E-state index contributed by atoms with van der Waals surface area (Å²) in [5.74, 6) is -1.75. The van der Waals surface area contributed by atoms with E-state index in [1.807, 2.05) is 0 Å². The molecule has 1 heterocycles. The molecule has 0 radical (unpaired) electrons. The van der Waals surface area contributed by atoms with Gasteiger partial charge in [-0.05, 0) is 12.1 Å². The Morgan fingerprint density at radius 1 is 1.30 bits per heavy atom. The smallest absolute Gasteiger partial charge is 0.205 e. The number of nitrogens with zero attached hydrogens (tertiary/aromatic N) is 2. The van der Waals surface area contributed by atoms with Gasteiger partial charge >= 0.3 is 0 Å². The molecular formula is C13H9Cl2FN2O2. The van der Waals surface area contributed by atoms with Crippen molar-refractivity contribution in [3.8, 4) is 0 Å². The fraction of sp³-hybridized carbons (Fsp3) is 0.154. The quantitative estimate of drug-likeness (QED) is 0.494. The van der Waals surface area contributed by atoms with Crippen molar-refractivity contribution in [2.45, 2.75) is 6.42 Å². The van der Waals surface area contributed by atoms with E-state index in [0.717, 1.165) is 6.07 Å². The number of halogens is 3. The van der Waals surface area contributed by atoms with Gasteiger partial charge in [0.25, 0.3) is 0 Å². The third kappa shape index (κ3) is 2.73. The van der Waals surface area contributed by atoms with Gasteiger partial charge < -0.3 is 4.57 Å². The molecular weight excluding hydrogens is 306 g/mol. The van der Waals surface area contributed by atoms with Crippen molar-refractivity contribution < 1.29 is 14.0 Å². The van der Waals surface area contributed by atoms with Crippen LogP contribution in [0.3, 0.4) is 0 Å². The highest BCUT2D eigenvalue weighted by Crippen LogP contribution is 2.28. The summed E-state index contributed by atoms with van der Waals surface area (Å²) in [6.07, 6.45) is 2.55. The molecule has 0 spiro atoms. The summed E-state index contributed by atoms with van der Waals surface area (Å²) < 4.78 is 14.8. The second kappa shape index (κ2) is 5.73. The van der Waals surface area contributed by atoms with Crippen molar-refractivity contribution in [3.63, 3.8) is 0 Å². The van der Waals surface area contributed by atoms with Gasteiger partial charge in [-0.2, -0.15) is 0 Å². The molecule has 0 atom stereocenters. The minimum absolute atomic E-state index is 0.00837. The third-order valence-corrected chi connectivity index (χ3v) is 3.40. The van der Waals surface area contributed by atoms with E-state index in [1.54, 1.807) is 13.2 Å². The van der Waals surface area contributed by atoms with Gasteiger partial charge in [0.1, 0.15) is 5.82 Å². The number of benzene rings is 1. The van der Waals surface area contributed by atoms with Gasteiger partial charge in [0, 0.05) is 19.4 Å². The molecule has 2 aromatic rings. The van der Waals surface area contributed by atoms with Gasteiger partial charge in [-0.1, -0.05) is 23.2 Å². The first-order chi connectivity index (χ1) is 9.41. The average molecular weight is 315 g/mol. The van der Waals surface area contributed by atoms with Gasteiger partial charge in [-0.3, -0.25) is 9.59 Å². The van der Waals surface area contributed by atoms with E-state index in [4.69, 9.17) is 23.2 Å². The van der Waals surface area contributed by atoms with Crippen LogP contribution in [-0.2, 0) is 7.05 Å². The summed E-state index contributed by atoms with van der Waals surface area (Å²) in [6.45, 7) is 0. The molecule has 0 aliphatic carbocycles. The van der Waals surface area contributed by atoms with Gasteiger partial charge in [0.15, 0.2) is 11.6 Å². The summed E-state index contributed by atoms with van der Waals surface area (Å²) >= 11 is 11.6. The van der Waals surface area contributed by atoms with Crippen molar-refractivity contribution in [3.05, 3.63) is 51.8 Å². The number of hydrogen-bond donors (Lipinski definition) is 0. The zero-order valence-corrected chi connectivity index (χ0v) is 11.9. The molecule has 0 N–H and O–H groups in total. The highest BCUT2D eigenvalue weighted by molar-refractivity contribution is 6.40. The van der Waals surface area contributed by atoms with Crippen LogP contribution in [0.5, 0.6) is 0 Å². The lowest BCUT2D eigenvalue weighted by Gasteiger charge is -2.06. The topological polar surface area (TPSA) is 52.0 Å². The average Bonchev–Trinajstić information content (AvgIpc) is 2.80. The Morgan fingerprint density at radius 3 is 2.60 bits per heavy atom. The maximum Gasteiger partial charge on any atom is 0.205 e. The van der Waals surface area contributed by atoms with Gasteiger partial charge in [-0.15, -0.1) is 0 Å². The van der Waals surface area contributed by atoms with Crippen molar-refractivity contribution in [1.82, 2.24) is 9.55 Å². The van der Waals surface area contributed by atoms with Crippen LogP contribution in [0.25, 0.3) is 0 Å². The number of imidazole rings is 1. The predicted molar refractivity (Wildman–Crippen MR) is 72.9 cm³/mol. The first-order valence-electron chi connectivity index (χ1n) is 5.59. The van der Waals surface area contributed by atoms with Gasteiger partial charge in [0.05, 0.1) is 22.0 Å². The number of carbonyl (C=O) groups is 2. The summed E-state index contributed by atoms with van der Waals surface area (Å²) in [5.41, 5.74) is -0.184. The highest BCUT2D eigenvalue weighted by Gasteiger charge is 2.22. The summed E-state index contributed by atoms with van der Waals surface area (Å²) in [4.78, 5) is 27.8. The van der Waals surface area contributed by atoms with E-state index >= 15 is 0 Å². The van der Waals surface area contributed by atoms with Crippen LogP contribution >= 0.6 is 23.2 Å². The summed E-state index contributed by atoms with van der Waals surface area (Å²) in [7, 11) is 1.63. The normalized spacial score (nSPS) is 10.6. The van der Waals surface area contributed by atoms with E-state index in [9.17, 15) is 14.0 Å². The van der Waals surface area contributed by atoms with E-state index in [0.29, 0.717) is 0 Å². The Bertz CT molecular complexity index is 698. The fourth-order valence-corrected chi connectivity index (χ4v) is 2.31.